The summed E-state index contributed by atoms with van der Waals surface area (Å²) >= 11 is 0. The van der Waals surface area contributed by atoms with Gasteiger partial charge in [0.05, 0.1) is 29.9 Å². The van der Waals surface area contributed by atoms with Gasteiger partial charge in [-0.3, -0.25) is 14.7 Å². The first-order valence-corrected chi connectivity index (χ1v) is 12.2. The molecule has 1 aliphatic heterocycles. The number of anilines is 1. The lowest BCUT2D eigenvalue weighted by molar-refractivity contribution is -0.133. The smallest absolute Gasteiger partial charge is 0.331 e. The van der Waals surface area contributed by atoms with Gasteiger partial charge >= 0.3 is 6.03 Å². The zero-order valence-corrected chi connectivity index (χ0v) is 19.7. The first kappa shape index (κ1) is 21.1. The fourth-order valence-electron chi connectivity index (χ4n) is 4.68. The van der Waals surface area contributed by atoms with Crippen molar-refractivity contribution >= 4 is 28.7 Å². The van der Waals surface area contributed by atoms with Gasteiger partial charge in [-0.05, 0) is 49.9 Å². The Balaban J connectivity index is 1.08. The Morgan fingerprint density at radius 1 is 1.14 bits per heavy atom. The third-order valence-corrected chi connectivity index (χ3v) is 7.36. The van der Waals surface area contributed by atoms with E-state index in [0.717, 1.165) is 53.6 Å². The molecule has 10 nitrogen and oxygen atoms in total. The monoisotopic (exact) mass is 484 g/mol. The van der Waals surface area contributed by atoms with Gasteiger partial charge in [-0.2, -0.15) is 0 Å². The molecule has 0 saturated heterocycles. The van der Waals surface area contributed by atoms with Crippen LogP contribution in [0.3, 0.4) is 0 Å². The van der Waals surface area contributed by atoms with Crippen LogP contribution in [0.1, 0.15) is 49.6 Å². The molecular weight excluding hydrogens is 460 g/mol. The zero-order valence-electron chi connectivity index (χ0n) is 19.7. The Hall–Kier alpha value is -4.21. The van der Waals surface area contributed by atoms with E-state index in [1.54, 1.807) is 18.3 Å². The summed E-state index contributed by atoms with van der Waals surface area (Å²) in [7, 11) is 0. The number of amides is 2. The van der Waals surface area contributed by atoms with E-state index < -0.39 is 0 Å². The zero-order chi connectivity index (χ0) is 24.4. The lowest BCUT2D eigenvalue weighted by Crippen LogP contribution is -2.26. The molecule has 3 aromatic heterocycles. The Morgan fingerprint density at radius 3 is 2.81 bits per heavy atom. The lowest BCUT2D eigenvalue weighted by Gasteiger charge is -2.14. The first-order valence-electron chi connectivity index (χ1n) is 12.2. The van der Waals surface area contributed by atoms with Crippen LogP contribution < -0.4 is 10.1 Å². The molecule has 0 unspecified atom stereocenters. The predicted octanol–water partition coefficient (Wildman–Crippen LogP) is 4.60. The molecule has 2 amide bonds. The third kappa shape index (κ3) is 3.60. The third-order valence-electron chi connectivity index (χ3n) is 7.36. The molecule has 1 N–H and O–H groups in total. The second-order valence-electron chi connectivity index (χ2n) is 10.1. The average Bonchev–Trinajstić information content (AvgIpc) is 3.69. The van der Waals surface area contributed by atoms with Gasteiger partial charge in [0.15, 0.2) is 5.82 Å². The van der Waals surface area contributed by atoms with Crippen LogP contribution in [0, 0.1) is 5.92 Å². The molecule has 10 heteroatoms. The summed E-state index contributed by atoms with van der Waals surface area (Å²) in [5.74, 6) is 2.59. The Labute approximate surface area is 206 Å². The number of hydrogen-bond donors (Lipinski definition) is 1. The largest absolute Gasteiger partial charge is 0.439 e. The van der Waals surface area contributed by atoms with E-state index >= 15 is 0 Å². The summed E-state index contributed by atoms with van der Waals surface area (Å²) in [5.41, 5.74) is 2.44. The van der Waals surface area contributed by atoms with Crippen LogP contribution in [0.5, 0.6) is 11.6 Å². The number of hydrogen-bond acceptors (Lipinski definition) is 7. The number of benzene rings is 1. The van der Waals surface area contributed by atoms with E-state index in [0.29, 0.717) is 30.5 Å². The van der Waals surface area contributed by atoms with E-state index in [1.165, 1.54) is 10.9 Å². The number of ether oxygens (including phenoxy) is 1. The highest BCUT2D eigenvalue weighted by Crippen LogP contribution is 2.48. The summed E-state index contributed by atoms with van der Waals surface area (Å²) in [5, 5.41) is 7.64. The van der Waals surface area contributed by atoms with Crippen molar-refractivity contribution in [3.05, 3.63) is 59.9 Å². The van der Waals surface area contributed by atoms with Crippen LogP contribution in [0.25, 0.3) is 10.9 Å². The highest BCUT2D eigenvalue weighted by molar-refractivity contribution is 5.98. The van der Waals surface area contributed by atoms with Crippen molar-refractivity contribution < 1.29 is 18.8 Å². The second-order valence-corrected chi connectivity index (χ2v) is 10.1. The topological polar surface area (TPSA) is 115 Å². The molecule has 4 aromatic rings. The Kier molecular flexibility index (Phi) is 4.48. The standard InChI is InChI=1S/C26H24N6O4/c1-26(7-8-26)21-11-22(30-36-21)29-25(34)32-9-6-16-10-17(4-5-20(16)32)35-23-18-12-31(24(33)15-2-3-15)13-19(18)27-14-28-23/h4-6,9-11,14-15H,2-3,7-8,12-13H2,1H3,(H,29,30,34). The van der Waals surface area contributed by atoms with Crippen molar-refractivity contribution in [3.63, 3.8) is 0 Å². The first-order chi connectivity index (χ1) is 17.5. The maximum Gasteiger partial charge on any atom is 0.331 e. The number of nitrogens with zero attached hydrogens (tertiary/aromatic N) is 5. The molecule has 2 fully saturated rings. The molecule has 2 saturated carbocycles. The van der Waals surface area contributed by atoms with E-state index in [4.69, 9.17) is 9.26 Å². The molecule has 0 bridgehead atoms. The van der Waals surface area contributed by atoms with Gasteiger partial charge in [0.25, 0.3) is 0 Å². The minimum atomic E-state index is -0.325. The number of carbonyl (C=O) groups excluding carboxylic acids is 2. The maximum absolute atomic E-state index is 12.9. The van der Waals surface area contributed by atoms with Crippen molar-refractivity contribution in [3.8, 4) is 11.6 Å². The van der Waals surface area contributed by atoms with Crippen molar-refractivity contribution in [2.45, 2.75) is 51.1 Å². The molecule has 182 valence electrons. The molecule has 4 heterocycles. The fourth-order valence-corrected chi connectivity index (χ4v) is 4.68. The molecule has 1 aromatic carbocycles. The SMILES string of the molecule is CC1(c2cc(NC(=O)n3ccc4cc(Oc5ncnc6c5CN(C(=O)C5CC5)C6)ccc43)no2)CC1. The number of rotatable bonds is 5. The molecule has 0 radical (unpaired) electrons. The summed E-state index contributed by atoms with van der Waals surface area (Å²) in [4.78, 5) is 35.9. The van der Waals surface area contributed by atoms with Crippen LogP contribution in [0.2, 0.25) is 0 Å². The van der Waals surface area contributed by atoms with Gasteiger partial charge in [0.1, 0.15) is 17.8 Å². The van der Waals surface area contributed by atoms with Crippen molar-refractivity contribution in [2.24, 2.45) is 5.92 Å². The minimum Gasteiger partial charge on any atom is -0.439 e. The van der Waals surface area contributed by atoms with Crippen LogP contribution >= 0.6 is 0 Å². The van der Waals surface area contributed by atoms with E-state index in [1.807, 2.05) is 23.1 Å². The molecular formula is C26H24N6O4. The summed E-state index contributed by atoms with van der Waals surface area (Å²) < 4.78 is 13.1. The minimum absolute atomic E-state index is 0.0430. The predicted molar refractivity (Wildman–Crippen MR) is 129 cm³/mol. The molecule has 2 aliphatic carbocycles. The fraction of sp³-hybridized carbons (Fsp3) is 0.346. The second kappa shape index (κ2) is 7.64. The average molecular weight is 485 g/mol. The van der Waals surface area contributed by atoms with Gasteiger partial charge < -0.3 is 14.2 Å². The van der Waals surface area contributed by atoms with Gasteiger partial charge in [0, 0.05) is 29.0 Å². The molecule has 36 heavy (non-hydrogen) atoms. The molecule has 7 rings (SSSR count). The lowest BCUT2D eigenvalue weighted by atomic mass is 10.1. The number of carbonyl (C=O) groups is 2. The summed E-state index contributed by atoms with van der Waals surface area (Å²) in [6.07, 6.45) is 7.25. The van der Waals surface area contributed by atoms with Gasteiger partial charge in [-0.1, -0.05) is 12.1 Å². The van der Waals surface area contributed by atoms with Gasteiger partial charge in [-0.25, -0.2) is 14.8 Å². The maximum atomic E-state index is 12.9. The van der Waals surface area contributed by atoms with Crippen molar-refractivity contribution in [1.29, 1.82) is 0 Å². The Morgan fingerprint density at radius 2 is 2.00 bits per heavy atom. The highest BCUT2D eigenvalue weighted by atomic mass is 16.5. The summed E-state index contributed by atoms with van der Waals surface area (Å²) in [6, 6.07) is 8.80. The van der Waals surface area contributed by atoms with Crippen LogP contribution in [-0.4, -0.2) is 36.5 Å². The van der Waals surface area contributed by atoms with E-state index in [9.17, 15) is 9.59 Å². The molecule has 3 aliphatic rings. The molecule has 0 spiro atoms. The normalized spacial score (nSPS) is 17.8. The van der Waals surface area contributed by atoms with Gasteiger partial charge in [0.2, 0.25) is 11.8 Å². The molecule has 0 atom stereocenters. The number of aromatic nitrogens is 4. The quantitative estimate of drug-likeness (QED) is 0.440. The van der Waals surface area contributed by atoms with Crippen molar-refractivity contribution in [2.75, 3.05) is 5.32 Å². The highest BCUT2D eigenvalue weighted by Gasteiger charge is 2.43. The van der Waals surface area contributed by atoms with Crippen LogP contribution in [0.4, 0.5) is 10.6 Å². The number of nitrogens with one attached hydrogen (secondary N) is 1. The van der Waals surface area contributed by atoms with E-state index in [2.05, 4.69) is 27.4 Å². The summed E-state index contributed by atoms with van der Waals surface area (Å²) in [6.45, 7) is 3.08. The number of fused-ring (bicyclic) bond motifs is 2. The van der Waals surface area contributed by atoms with Crippen molar-refractivity contribution in [1.82, 2.24) is 24.6 Å². The van der Waals surface area contributed by atoms with E-state index in [-0.39, 0.29) is 23.3 Å². The van der Waals surface area contributed by atoms with Gasteiger partial charge in [-0.15, -0.1) is 0 Å². The Bertz CT molecular complexity index is 1530. The van der Waals surface area contributed by atoms with Crippen LogP contribution in [-0.2, 0) is 23.3 Å². The van der Waals surface area contributed by atoms with Crippen LogP contribution in [0.15, 0.2) is 47.4 Å².